The summed E-state index contributed by atoms with van der Waals surface area (Å²) in [6.45, 7) is 4.44. The summed E-state index contributed by atoms with van der Waals surface area (Å²) < 4.78 is 0. The first-order valence-electron chi connectivity index (χ1n) is 7.55. The number of carbonyl (C=O) groups is 2. The molecule has 1 aromatic heterocycles. The quantitative estimate of drug-likeness (QED) is 0.704. The third-order valence-corrected chi connectivity index (χ3v) is 5.16. The normalized spacial score (nSPS) is 10.6. The van der Waals surface area contributed by atoms with Crippen molar-refractivity contribution in [3.8, 4) is 11.3 Å². The van der Waals surface area contributed by atoms with Gasteiger partial charge < -0.3 is 10.4 Å². The van der Waals surface area contributed by atoms with Crippen molar-refractivity contribution in [1.82, 2.24) is 10.3 Å². The molecule has 5 nitrogen and oxygen atoms in total. The fourth-order valence-electron chi connectivity index (χ4n) is 2.16. The Morgan fingerprint density at radius 2 is 1.96 bits per heavy atom. The lowest BCUT2D eigenvalue weighted by Crippen LogP contribution is -2.27. The van der Waals surface area contributed by atoms with Gasteiger partial charge in [0.1, 0.15) is 0 Å². The third kappa shape index (κ3) is 5.65. The van der Waals surface area contributed by atoms with E-state index in [9.17, 15) is 9.59 Å². The lowest BCUT2D eigenvalue weighted by atomic mass is 10.1. The van der Waals surface area contributed by atoms with Gasteiger partial charge in [-0.3, -0.25) is 9.59 Å². The highest BCUT2D eigenvalue weighted by molar-refractivity contribution is 7.99. The van der Waals surface area contributed by atoms with Gasteiger partial charge in [-0.1, -0.05) is 29.8 Å². The predicted molar refractivity (Wildman–Crippen MR) is 98.7 cm³/mol. The first kappa shape index (κ1) is 18.5. The van der Waals surface area contributed by atoms with E-state index < -0.39 is 5.97 Å². The van der Waals surface area contributed by atoms with Crippen molar-refractivity contribution in [3.05, 3.63) is 39.7 Å². The van der Waals surface area contributed by atoms with Gasteiger partial charge in [-0.2, -0.15) is 0 Å². The van der Waals surface area contributed by atoms with E-state index in [2.05, 4.69) is 10.3 Å². The molecule has 0 fully saturated rings. The predicted octanol–water partition coefficient (Wildman–Crippen LogP) is 2.90. The zero-order valence-electron chi connectivity index (χ0n) is 13.7. The molecule has 0 bridgehead atoms. The minimum atomic E-state index is -0.839. The molecule has 0 unspecified atom stereocenters. The second-order valence-corrected chi connectivity index (χ2v) is 7.74. The van der Waals surface area contributed by atoms with E-state index in [0.717, 1.165) is 21.1 Å². The Hall–Kier alpha value is -1.86. The van der Waals surface area contributed by atoms with E-state index in [4.69, 9.17) is 5.11 Å². The summed E-state index contributed by atoms with van der Waals surface area (Å²) in [5.74, 6) is -0.261. The van der Waals surface area contributed by atoms with Crippen molar-refractivity contribution < 1.29 is 14.7 Å². The largest absolute Gasteiger partial charge is 0.481 e. The van der Waals surface area contributed by atoms with Crippen molar-refractivity contribution in [2.75, 3.05) is 18.1 Å². The number of carboxylic acids is 1. The minimum absolute atomic E-state index is 0.0570. The fraction of sp³-hybridized carbons (Fsp3) is 0.353. The molecular weight excluding hydrogens is 344 g/mol. The maximum atomic E-state index is 12.1. The number of benzene rings is 1. The molecule has 2 aromatic rings. The van der Waals surface area contributed by atoms with Crippen molar-refractivity contribution >= 4 is 35.0 Å². The zero-order chi connectivity index (χ0) is 17.5. The number of amides is 1. The van der Waals surface area contributed by atoms with Crippen LogP contribution < -0.4 is 5.32 Å². The average molecular weight is 364 g/mol. The van der Waals surface area contributed by atoms with Gasteiger partial charge in [0.15, 0.2) is 0 Å². The minimum Gasteiger partial charge on any atom is -0.481 e. The molecule has 1 aromatic carbocycles. The van der Waals surface area contributed by atoms with Crippen molar-refractivity contribution in [3.63, 3.8) is 0 Å². The molecule has 0 saturated carbocycles. The monoisotopic (exact) mass is 364 g/mol. The van der Waals surface area contributed by atoms with Crippen molar-refractivity contribution in [1.29, 1.82) is 0 Å². The lowest BCUT2D eigenvalue weighted by Gasteiger charge is -2.05. The van der Waals surface area contributed by atoms with Gasteiger partial charge >= 0.3 is 5.97 Å². The molecule has 0 atom stereocenters. The van der Waals surface area contributed by atoms with E-state index in [-0.39, 0.29) is 18.1 Å². The first-order valence-corrected chi connectivity index (χ1v) is 9.52. The summed E-state index contributed by atoms with van der Waals surface area (Å²) in [6, 6.07) is 8.11. The summed E-state index contributed by atoms with van der Waals surface area (Å²) in [6.07, 6.45) is 0.290. The first-order chi connectivity index (χ1) is 11.5. The molecule has 1 heterocycles. The van der Waals surface area contributed by atoms with Crippen LogP contribution in [0.25, 0.3) is 11.3 Å². The third-order valence-electron chi connectivity index (χ3n) is 3.24. The number of rotatable bonds is 8. The number of thioether (sulfide) groups is 1. The van der Waals surface area contributed by atoms with E-state index in [1.165, 1.54) is 28.7 Å². The van der Waals surface area contributed by atoms with Crippen LogP contribution in [0.15, 0.2) is 24.3 Å². The molecule has 2 rings (SSSR count). The average Bonchev–Trinajstić information content (AvgIpc) is 2.88. The standard InChI is InChI=1S/C17H20N2O3S2/c1-11-3-5-13(6-4-11)17-14(24-12(2)19-17)9-15(20)18-7-8-23-10-16(21)22/h3-6H,7-10H2,1-2H3,(H,18,20)(H,21,22). The molecule has 0 radical (unpaired) electrons. The zero-order valence-corrected chi connectivity index (χ0v) is 15.3. The number of hydrogen-bond acceptors (Lipinski definition) is 5. The Labute approximate surface area is 149 Å². The van der Waals surface area contributed by atoms with Crippen LogP contribution in [0.3, 0.4) is 0 Å². The summed E-state index contributed by atoms with van der Waals surface area (Å²) in [7, 11) is 0. The van der Waals surface area contributed by atoms with E-state index in [1.54, 1.807) is 0 Å². The molecule has 0 spiro atoms. The van der Waals surface area contributed by atoms with E-state index in [0.29, 0.717) is 12.3 Å². The maximum Gasteiger partial charge on any atom is 0.313 e. The number of carbonyl (C=O) groups excluding carboxylic acids is 1. The molecule has 7 heteroatoms. The Morgan fingerprint density at radius 1 is 1.25 bits per heavy atom. The Kier molecular flexibility index (Phi) is 6.81. The molecule has 0 aliphatic heterocycles. The maximum absolute atomic E-state index is 12.1. The van der Waals surface area contributed by atoms with Gasteiger partial charge in [0, 0.05) is 22.7 Å². The van der Waals surface area contributed by atoms with E-state index >= 15 is 0 Å². The van der Waals surface area contributed by atoms with Crippen LogP contribution in [0.4, 0.5) is 0 Å². The Morgan fingerprint density at radius 3 is 2.62 bits per heavy atom. The number of hydrogen-bond donors (Lipinski definition) is 2. The smallest absolute Gasteiger partial charge is 0.313 e. The van der Waals surface area contributed by atoms with Gasteiger partial charge in [0.2, 0.25) is 5.91 Å². The number of aliphatic carboxylic acids is 1. The molecule has 128 valence electrons. The number of aromatic nitrogens is 1. The number of thiazole rings is 1. The van der Waals surface area contributed by atoms with Crippen molar-refractivity contribution in [2.24, 2.45) is 0 Å². The van der Waals surface area contributed by atoms with E-state index in [1.807, 2.05) is 38.1 Å². The SMILES string of the molecule is Cc1ccc(-c2nc(C)sc2CC(=O)NCCSCC(=O)O)cc1. The summed E-state index contributed by atoms with van der Waals surface area (Å²) in [5, 5.41) is 12.3. The molecule has 1 amide bonds. The van der Waals surface area contributed by atoms with Crippen LogP contribution in [0.5, 0.6) is 0 Å². The Bertz CT molecular complexity index is 711. The van der Waals surface area contributed by atoms with Gasteiger partial charge in [0.05, 0.1) is 22.9 Å². The Balaban J connectivity index is 1.93. The van der Waals surface area contributed by atoms with Crippen molar-refractivity contribution in [2.45, 2.75) is 20.3 Å². The number of carboxylic acid groups (broad SMARTS) is 1. The molecule has 0 aliphatic rings. The van der Waals surface area contributed by atoms with Crippen LogP contribution in [0.2, 0.25) is 0 Å². The summed E-state index contributed by atoms with van der Waals surface area (Å²) in [4.78, 5) is 28.0. The molecule has 0 aliphatic carbocycles. The van der Waals surface area contributed by atoms with Gasteiger partial charge in [-0.25, -0.2) is 4.98 Å². The molecule has 2 N–H and O–H groups in total. The van der Waals surface area contributed by atoms with Gasteiger partial charge in [0.25, 0.3) is 0 Å². The van der Waals surface area contributed by atoms with Crippen LogP contribution in [-0.2, 0) is 16.0 Å². The second-order valence-electron chi connectivity index (χ2n) is 5.34. The molecular formula is C17H20N2O3S2. The molecule has 0 saturated heterocycles. The highest BCUT2D eigenvalue weighted by Crippen LogP contribution is 2.28. The van der Waals surface area contributed by atoms with Crippen LogP contribution in [0, 0.1) is 13.8 Å². The second kappa shape index (κ2) is 8.84. The fourth-order valence-corrected chi connectivity index (χ4v) is 3.68. The van der Waals surface area contributed by atoms with Crippen LogP contribution in [-0.4, -0.2) is 40.0 Å². The highest BCUT2D eigenvalue weighted by atomic mass is 32.2. The van der Waals surface area contributed by atoms with Crippen LogP contribution >= 0.6 is 23.1 Å². The van der Waals surface area contributed by atoms with Crippen LogP contribution in [0.1, 0.15) is 15.4 Å². The topological polar surface area (TPSA) is 79.3 Å². The van der Waals surface area contributed by atoms with Gasteiger partial charge in [-0.15, -0.1) is 23.1 Å². The number of nitrogens with one attached hydrogen (secondary N) is 1. The molecule has 24 heavy (non-hydrogen) atoms. The lowest BCUT2D eigenvalue weighted by molar-refractivity contribution is -0.133. The number of aryl methyl sites for hydroxylation is 2. The summed E-state index contributed by atoms with van der Waals surface area (Å²) >= 11 is 2.83. The number of nitrogens with zero attached hydrogens (tertiary/aromatic N) is 1. The van der Waals surface area contributed by atoms with Gasteiger partial charge in [-0.05, 0) is 13.8 Å². The summed E-state index contributed by atoms with van der Waals surface area (Å²) in [5.41, 5.74) is 3.07. The highest BCUT2D eigenvalue weighted by Gasteiger charge is 2.14.